The fourth-order valence-electron chi connectivity index (χ4n) is 2.97. The standard InChI is InChI=1S/C19H23NO3S/c1-3-23-16-10-13(8-9-15(16)22-2)12-20-19(21)18-11-14-6-4-5-7-17(14)24-18/h8-11H,3-7,12H2,1-2H3,(H,20,21). The smallest absolute Gasteiger partial charge is 0.261 e. The quantitative estimate of drug-likeness (QED) is 0.862. The highest BCUT2D eigenvalue weighted by molar-refractivity contribution is 7.14. The highest BCUT2D eigenvalue weighted by Crippen LogP contribution is 2.30. The number of hydrogen-bond acceptors (Lipinski definition) is 4. The number of hydrogen-bond donors (Lipinski definition) is 1. The summed E-state index contributed by atoms with van der Waals surface area (Å²) < 4.78 is 10.9. The van der Waals surface area contributed by atoms with E-state index in [-0.39, 0.29) is 5.91 Å². The summed E-state index contributed by atoms with van der Waals surface area (Å²) in [4.78, 5) is 14.6. The van der Waals surface area contributed by atoms with Crippen LogP contribution in [0.4, 0.5) is 0 Å². The molecule has 2 aromatic rings. The van der Waals surface area contributed by atoms with Gasteiger partial charge in [0.15, 0.2) is 11.5 Å². The third kappa shape index (κ3) is 3.73. The van der Waals surface area contributed by atoms with Gasteiger partial charge in [0, 0.05) is 11.4 Å². The number of methoxy groups -OCH3 is 1. The Morgan fingerprint density at radius 2 is 2.04 bits per heavy atom. The van der Waals surface area contributed by atoms with Gasteiger partial charge < -0.3 is 14.8 Å². The van der Waals surface area contributed by atoms with Crippen molar-refractivity contribution in [1.82, 2.24) is 5.32 Å². The Labute approximate surface area is 146 Å². The minimum absolute atomic E-state index is 0.00294. The minimum Gasteiger partial charge on any atom is -0.493 e. The first kappa shape index (κ1) is 16.8. The third-order valence-corrected chi connectivity index (χ3v) is 5.44. The molecule has 1 N–H and O–H groups in total. The van der Waals surface area contributed by atoms with Gasteiger partial charge in [0.2, 0.25) is 0 Å². The summed E-state index contributed by atoms with van der Waals surface area (Å²) >= 11 is 1.64. The molecule has 0 bridgehead atoms. The molecule has 0 radical (unpaired) electrons. The summed E-state index contributed by atoms with van der Waals surface area (Å²) in [7, 11) is 1.62. The van der Waals surface area contributed by atoms with Crippen LogP contribution in [0.3, 0.4) is 0 Å². The van der Waals surface area contributed by atoms with E-state index in [1.165, 1.54) is 23.3 Å². The van der Waals surface area contributed by atoms with Gasteiger partial charge in [0.25, 0.3) is 5.91 Å². The summed E-state index contributed by atoms with van der Waals surface area (Å²) in [6.07, 6.45) is 4.69. The Morgan fingerprint density at radius 3 is 2.79 bits per heavy atom. The Morgan fingerprint density at radius 1 is 1.21 bits per heavy atom. The van der Waals surface area contributed by atoms with Gasteiger partial charge in [-0.15, -0.1) is 11.3 Å². The van der Waals surface area contributed by atoms with Crippen molar-refractivity contribution in [3.63, 3.8) is 0 Å². The van der Waals surface area contributed by atoms with E-state index in [2.05, 4.69) is 11.4 Å². The van der Waals surface area contributed by atoms with Gasteiger partial charge in [0.05, 0.1) is 18.6 Å². The van der Waals surface area contributed by atoms with Crippen molar-refractivity contribution in [3.05, 3.63) is 45.1 Å². The number of amides is 1. The minimum atomic E-state index is 0.00294. The predicted octanol–water partition coefficient (Wildman–Crippen LogP) is 3.96. The average Bonchev–Trinajstić information content (AvgIpc) is 3.04. The molecule has 0 aliphatic heterocycles. The molecule has 1 aromatic carbocycles. The summed E-state index contributed by atoms with van der Waals surface area (Å²) in [5.41, 5.74) is 2.35. The second kappa shape index (κ2) is 7.71. The van der Waals surface area contributed by atoms with Gasteiger partial charge in [0.1, 0.15) is 0 Å². The summed E-state index contributed by atoms with van der Waals surface area (Å²) in [6.45, 7) is 2.99. The normalized spacial score (nSPS) is 13.2. The fraction of sp³-hybridized carbons (Fsp3) is 0.421. The van der Waals surface area contributed by atoms with Crippen LogP contribution in [-0.4, -0.2) is 19.6 Å². The molecule has 5 heteroatoms. The van der Waals surface area contributed by atoms with E-state index < -0.39 is 0 Å². The topological polar surface area (TPSA) is 47.6 Å². The lowest BCUT2D eigenvalue weighted by atomic mass is 9.99. The van der Waals surface area contributed by atoms with Crippen LogP contribution in [0.15, 0.2) is 24.3 Å². The third-order valence-electron chi connectivity index (χ3n) is 4.20. The molecule has 1 aliphatic carbocycles. The lowest BCUT2D eigenvalue weighted by Gasteiger charge is -2.11. The number of rotatable bonds is 6. The number of benzene rings is 1. The number of nitrogens with one attached hydrogen (secondary N) is 1. The van der Waals surface area contributed by atoms with Crippen LogP contribution in [0.25, 0.3) is 0 Å². The predicted molar refractivity (Wildman–Crippen MR) is 96.3 cm³/mol. The second-order valence-electron chi connectivity index (χ2n) is 5.87. The number of ether oxygens (including phenoxy) is 2. The molecule has 3 rings (SSSR count). The molecule has 1 heterocycles. The van der Waals surface area contributed by atoms with Crippen LogP contribution in [0, 0.1) is 0 Å². The number of thiophene rings is 1. The number of fused-ring (bicyclic) bond motifs is 1. The monoisotopic (exact) mass is 345 g/mol. The maximum atomic E-state index is 12.4. The zero-order valence-corrected chi connectivity index (χ0v) is 15.0. The molecular formula is C19H23NO3S. The summed E-state index contributed by atoms with van der Waals surface area (Å²) in [5, 5.41) is 3.01. The Hall–Kier alpha value is -2.01. The molecular weight excluding hydrogens is 322 g/mol. The van der Waals surface area contributed by atoms with Crippen LogP contribution in [0.5, 0.6) is 11.5 Å². The van der Waals surface area contributed by atoms with E-state index >= 15 is 0 Å². The Bertz CT molecular complexity index is 700. The molecule has 4 nitrogen and oxygen atoms in total. The van der Waals surface area contributed by atoms with E-state index in [4.69, 9.17) is 9.47 Å². The molecule has 128 valence electrons. The van der Waals surface area contributed by atoms with Gasteiger partial charge in [-0.05, 0) is 61.9 Å². The van der Waals surface area contributed by atoms with Crippen molar-refractivity contribution in [2.75, 3.05) is 13.7 Å². The Balaban J connectivity index is 1.65. The molecule has 0 saturated carbocycles. The first-order chi connectivity index (χ1) is 11.7. The van der Waals surface area contributed by atoms with Crippen molar-refractivity contribution in [2.45, 2.75) is 39.2 Å². The molecule has 0 spiro atoms. The van der Waals surface area contributed by atoms with E-state index in [0.29, 0.717) is 24.7 Å². The van der Waals surface area contributed by atoms with Crippen molar-refractivity contribution in [1.29, 1.82) is 0 Å². The van der Waals surface area contributed by atoms with Crippen LogP contribution >= 0.6 is 11.3 Å². The fourth-order valence-corrected chi connectivity index (χ4v) is 4.14. The van der Waals surface area contributed by atoms with Gasteiger partial charge in [-0.3, -0.25) is 4.79 Å². The SMILES string of the molecule is CCOc1cc(CNC(=O)c2cc3c(s2)CCCC3)ccc1OC. The number of carbonyl (C=O) groups excluding carboxylic acids is 1. The molecule has 1 aliphatic rings. The molecule has 1 aromatic heterocycles. The molecule has 0 fully saturated rings. The Kier molecular flexibility index (Phi) is 5.41. The highest BCUT2D eigenvalue weighted by Gasteiger charge is 2.17. The molecule has 0 saturated heterocycles. The number of carbonyl (C=O) groups is 1. The zero-order chi connectivity index (χ0) is 16.9. The van der Waals surface area contributed by atoms with E-state index in [1.807, 2.05) is 25.1 Å². The van der Waals surface area contributed by atoms with Crippen LogP contribution in [0.1, 0.15) is 45.4 Å². The van der Waals surface area contributed by atoms with Crippen LogP contribution in [0.2, 0.25) is 0 Å². The lowest BCUT2D eigenvalue weighted by Crippen LogP contribution is -2.21. The van der Waals surface area contributed by atoms with Gasteiger partial charge in [-0.2, -0.15) is 0 Å². The average molecular weight is 345 g/mol. The maximum Gasteiger partial charge on any atom is 0.261 e. The van der Waals surface area contributed by atoms with Crippen molar-refractivity contribution >= 4 is 17.2 Å². The summed E-state index contributed by atoms with van der Waals surface area (Å²) in [6, 6.07) is 7.80. The molecule has 0 atom stereocenters. The lowest BCUT2D eigenvalue weighted by molar-refractivity contribution is 0.0955. The number of aryl methyl sites for hydroxylation is 2. The first-order valence-corrected chi connectivity index (χ1v) is 9.22. The second-order valence-corrected chi connectivity index (χ2v) is 7.00. The first-order valence-electron chi connectivity index (χ1n) is 8.40. The van der Waals surface area contributed by atoms with Crippen LogP contribution < -0.4 is 14.8 Å². The summed E-state index contributed by atoms with van der Waals surface area (Å²) in [5.74, 6) is 1.42. The van der Waals surface area contributed by atoms with E-state index in [0.717, 1.165) is 23.3 Å². The largest absolute Gasteiger partial charge is 0.493 e. The van der Waals surface area contributed by atoms with Crippen molar-refractivity contribution in [2.24, 2.45) is 0 Å². The van der Waals surface area contributed by atoms with Gasteiger partial charge in [-0.25, -0.2) is 0 Å². The van der Waals surface area contributed by atoms with Crippen LogP contribution in [-0.2, 0) is 19.4 Å². The van der Waals surface area contributed by atoms with Crippen molar-refractivity contribution < 1.29 is 14.3 Å². The van der Waals surface area contributed by atoms with Gasteiger partial charge >= 0.3 is 0 Å². The van der Waals surface area contributed by atoms with E-state index in [1.54, 1.807) is 18.4 Å². The maximum absolute atomic E-state index is 12.4. The van der Waals surface area contributed by atoms with Crippen molar-refractivity contribution in [3.8, 4) is 11.5 Å². The highest BCUT2D eigenvalue weighted by atomic mass is 32.1. The van der Waals surface area contributed by atoms with E-state index in [9.17, 15) is 4.79 Å². The molecule has 1 amide bonds. The molecule has 24 heavy (non-hydrogen) atoms. The zero-order valence-electron chi connectivity index (χ0n) is 14.2. The van der Waals surface area contributed by atoms with Gasteiger partial charge in [-0.1, -0.05) is 6.07 Å². The molecule has 0 unspecified atom stereocenters.